The number of fused-ring (bicyclic) bond motifs is 1. The zero-order chi connectivity index (χ0) is 20.5. The Labute approximate surface area is 166 Å². The largest absolute Gasteiger partial charge is 0.356 e. The predicted octanol–water partition coefficient (Wildman–Crippen LogP) is 3.47. The van der Waals surface area contributed by atoms with Crippen molar-refractivity contribution in [1.29, 1.82) is 0 Å². The first-order chi connectivity index (χ1) is 13.9. The first-order valence-electron chi connectivity index (χ1n) is 9.51. The highest BCUT2D eigenvalue weighted by atomic mass is 19.3. The number of piperidine rings is 1. The monoisotopic (exact) mass is 400 g/mol. The minimum Gasteiger partial charge on any atom is -0.356 e. The molecule has 4 heterocycles. The molecule has 7 nitrogen and oxygen atoms in total. The number of rotatable bonds is 4. The average molecular weight is 400 g/mol. The van der Waals surface area contributed by atoms with Gasteiger partial charge in [-0.2, -0.15) is 5.10 Å². The molecule has 0 spiro atoms. The van der Waals surface area contributed by atoms with Crippen molar-refractivity contribution in [2.75, 3.05) is 23.3 Å². The van der Waals surface area contributed by atoms with E-state index in [9.17, 15) is 13.6 Å². The fourth-order valence-corrected chi connectivity index (χ4v) is 3.69. The highest BCUT2D eigenvalue weighted by Crippen LogP contribution is 2.33. The third-order valence-corrected chi connectivity index (χ3v) is 5.20. The molecule has 1 N–H and O–H groups in total. The number of anilines is 2. The molecule has 0 saturated carbocycles. The molecule has 1 amide bonds. The Kier molecular flexibility index (Phi) is 5.12. The van der Waals surface area contributed by atoms with E-state index in [2.05, 4.69) is 20.4 Å². The quantitative estimate of drug-likeness (QED) is 0.726. The molecule has 1 aliphatic heterocycles. The van der Waals surface area contributed by atoms with Crippen LogP contribution in [-0.4, -0.2) is 45.2 Å². The molecule has 0 aromatic carbocycles. The third kappa shape index (κ3) is 4.03. The summed E-state index contributed by atoms with van der Waals surface area (Å²) in [7, 11) is 1.84. The molecule has 9 heteroatoms. The Balaban J connectivity index is 1.75. The number of aromatic nitrogens is 4. The van der Waals surface area contributed by atoms with Crippen LogP contribution in [0.3, 0.4) is 0 Å². The number of carbonyl (C=O) groups excluding carboxylic acids is 1. The van der Waals surface area contributed by atoms with Crippen molar-refractivity contribution in [2.45, 2.75) is 26.2 Å². The molecule has 0 unspecified atom stereocenters. The Morgan fingerprint density at radius 1 is 1.24 bits per heavy atom. The normalized spacial score (nSPS) is 15.3. The Bertz CT molecular complexity index is 1040. The van der Waals surface area contributed by atoms with Crippen molar-refractivity contribution >= 4 is 28.3 Å². The topological polar surface area (TPSA) is 75.9 Å². The summed E-state index contributed by atoms with van der Waals surface area (Å²) >= 11 is 0. The third-order valence-electron chi connectivity index (χ3n) is 5.20. The lowest BCUT2D eigenvalue weighted by Crippen LogP contribution is -2.36. The summed E-state index contributed by atoms with van der Waals surface area (Å²) in [4.78, 5) is 22.7. The second kappa shape index (κ2) is 7.73. The first-order valence-corrected chi connectivity index (χ1v) is 9.51. The van der Waals surface area contributed by atoms with E-state index >= 15 is 0 Å². The molecule has 0 bridgehead atoms. The fourth-order valence-electron chi connectivity index (χ4n) is 3.69. The lowest BCUT2D eigenvalue weighted by molar-refractivity contribution is -0.114. The number of halogens is 2. The van der Waals surface area contributed by atoms with Crippen LogP contribution in [0.4, 0.5) is 20.4 Å². The van der Waals surface area contributed by atoms with Gasteiger partial charge in [-0.05, 0) is 30.4 Å². The molecule has 1 aliphatic rings. The maximum absolute atomic E-state index is 13.0. The minimum absolute atomic E-state index is 0.222. The van der Waals surface area contributed by atoms with Crippen LogP contribution >= 0.6 is 0 Å². The van der Waals surface area contributed by atoms with Crippen LogP contribution in [-0.2, 0) is 11.8 Å². The van der Waals surface area contributed by atoms with E-state index in [0.717, 1.165) is 22.0 Å². The molecule has 0 radical (unpaired) electrons. The molecular formula is C20H22F2N6O. The van der Waals surface area contributed by atoms with Crippen LogP contribution in [0, 0.1) is 5.92 Å². The fraction of sp³-hybridized carbons (Fsp3) is 0.400. The van der Waals surface area contributed by atoms with Crippen LogP contribution in [0.2, 0.25) is 0 Å². The number of pyridine rings is 2. The van der Waals surface area contributed by atoms with Gasteiger partial charge < -0.3 is 10.2 Å². The van der Waals surface area contributed by atoms with Crippen molar-refractivity contribution < 1.29 is 13.6 Å². The van der Waals surface area contributed by atoms with Crippen molar-refractivity contribution in [1.82, 2.24) is 19.7 Å². The molecule has 4 rings (SSSR count). The zero-order valence-corrected chi connectivity index (χ0v) is 16.3. The summed E-state index contributed by atoms with van der Waals surface area (Å²) in [5.41, 5.74) is 1.64. The van der Waals surface area contributed by atoms with Crippen LogP contribution in [0.1, 0.15) is 19.8 Å². The van der Waals surface area contributed by atoms with Crippen LogP contribution in [0.5, 0.6) is 0 Å². The summed E-state index contributed by atoms with van der Waals surface area (Å²) in [6.07, 6.45) is 3.88. The number of hydrogen-bond donors (Lipinski definition) is 1. The Hall–Kier alpha value is -3.10. The molecule has 1 saturated heterocycles. The average Bonchev–Trinajstić information content (AvgIpc) is 3.13. The summed E-state index contributed by atoms with van der Waals surface area (Å²) < 4.78 is 27.7. The SMILES string of the molecule is CC(=O)Nc1cc2cc(-c3cnn(C)c3)ncc2c(N2CCC(C(F)F)CC2)n1. The second-order valence-electron chi connectivity index (χ2n) is 7.36. The van der Waals surface area contributed by atoms with E-state index < -0.39 is 12.3 Å². The highest BCUT2D eigenvalue weighted by molar-refractivity contribution is 5.98. The van der Waals surface area contributed by atoms with E-state index in [1.165, 1.54) is 6.92 Å². The number of aryl methyl sites for hydroxylation is 1. The molecule has 29 heavy (non-hydrogen) atoms. The van der Waals surface area contributed by atoms with E-state index in [1.807, 2.05) is 24.2 Å². The van der Waals surface area contributed by atoms with Gasteiger partial charge in [0.15, 0.2) is 0 Å². The van der Waals surface area contributed by atoms with E-state index in [1.54, 1.807) is 23.1 Å². The lowest BCUT2D eigenvalue weighted by Gasteiger charge is -2.33. The number of hydrogen-bond acceptors (Lipinski definition) is 5. The van der Waals surface area contributed by atoms with Crippen LogP contribution in [0.25, 0.3) is 22.0 Å². The van der Waals surface area contributed by atoms with Crippen LogP contribution in [0.15, 0.2) is 30.7 Å². The minimum atomic E-state index is -2.30. The number of nitrogens with one attached hydrogen (secondary N) is 1. The highest BCUT2D eigenvalue weighted by Gasteiger charge is 2.27. The Morgan fingerprint density at radius 3 is 2.62 bits per heavy atom. The smallest absolute Gasteiger partial charge is 0.241 e. The molecule has 3 aromatic rings. The first kappa shape index (κ1) is 19.2. The molecule has 152 valence electrons. The van der Waals surface area contributed by atoms with Gasteiger partial charge in [0.1, 0.15) is 11.6 Å². The van der Waals surface area contributed by atoms with Gasteiger partial charge in [0.2, 0.25) is 12.3 Å². The second-order valence-corrected chi connectivity index (χ2v) is 7.36. The molecular weight excluding hydrogens is 378 g/mol. The van der Waals surface area contributed by atoms with Crippen molar-refractivity contribution in [3.63, 3.8) is 0 Å². The van der Waals surface area contributed by atoms with Crippen LogP contribution < -0.4 is 10.2 Å². The molecule has 0 atom stereocenters. The summed E-state index contributed by atoms with van der Waals surface area (Å²) in [5.74, 6) is 0.288. The molecule has 1 fully saturated rings. The van der Waals surface area contributed by atoms with Crippen molar-refractivity contribution in [3.8, 4) is 11.3 Å². The van der Waals surface area contributed by atoms with Gasteiger partial charge in [-0.3, -0.25) is 14.5 Å². The maximum atomic E-state index is 13.0. The van der Waals surface area contributed by atoms with Gasteiger partial charge in [0, 0.05) is 56.3 Å². The van der Waals surface area contributed by atoms with Gasteiger partial charge >= 0.3 is 0 Å². The van der Waals surface area contributed by atoms with Gasteiger partial charge in [0.05, 0.1) is 11.9 Å². The van der Waals surface area contributed by atoms with Gasteiger partial charge in [-0.25, -0.2) is 13.8 Å². The van der Waals surface area contributed by atoms with Gasteiger partial charge in [-0.15, -0.1) is 0 Å². The number of amides is 1. The number of nitrogens with zero attached hydrogens (tertiary/aromatic N) is 5. The maximum Gasteiger partial charge on any atom is 0.241 e. The van der Waals surface area contributed by atoms with E-state index in [4.69, 9.17) is 0 Å². The molecule has 3 aromatic heterocycles. The summed E-state index contributed by atoms with van der Waals surface area (Å²) in [6.45, 7) is 2.41. The van der Waals surface area contributed by atoms with Gasteiger partial charge in [0.25, 0.3) is 0 Å². The Morgan fingerprint density at radius 2 is 2.00 bits per heavy atom. The zero-order valence-electron chi connectivity index (χ0n) is 16.3. The van der Waals surface area contributed by atoms with Gasteiger partial charge in [-0.1, -0.05) is 0 Å². The standard InChI is InChI=1S/C20H22F2N6O/c1-12(29)25-18-8-14-7-17(15-9-24-27(2)11-15)23-10-16(14)20(26-18)28-5-3-13(4-6-28)19(21)22/h7-11,13,19H,3-6H2,1-2H3,(H,25,26,29). The van der Waals surface area contributed by atoms with E-state index in [0.29, 0.717) is 37.6 Å². The number of carbonyl (C=O) groups is 1. The van der Waals surface area contributed by atoms with E-state index in [-0.39, 0.29) is 5.91 Å². The summed E-state index contributed by atoms with van der Waals surface area (Å²) in [6, 6.07) is 3.72. The van der Waals surface area contributed by atoms with Crippen molar-refractivity contribution in [3.05, 3.63) is 30.7 Å². The summed E-state index contributed by atoms with van der Waals surface area (Å²) in [5, 5.41) is 8.60. The molecule has 0 aliphatic carbocycles. The predicted molar refractivity (Wildman–Crippen MR) is 107 cm³/mol. The van der Waals surface area contributed by atoms with Crippen molar-refractivity contribution in [2.24, 2.45) is 13.0 Å². The number of alkyl halides is 2. The lowest BCUT2D eigenvalue weighted by atomic mass is 9.97.